The molecule has 124 valence electrons. The molecule has 2 rings (SSSR count). The number of hydrogen-bond acceptors (Lipinski definition) is 3. The van der Waals surface area contributed by atoms with Gasteiger partial charge in [0.2, 0.25) is 5.91 Å². The van der Waals surface area contributed by atoms with Crippen molar-refractivity contribution in [3.8, 4) is 5.75 Å². The van der Waals surface area contributed by atoms with Gasteiger partial charge in [0.05, 0.1) is 6.04 Å². The van der Waals surface area contributed by atoms with Crippen LogP contribution < -0.4 is 15.8 Å². The van der Waals surface area contributed by atoms with E-state index in [-0.39, 0.29) is 35.4 Å². The lowest BCUT2D eigenvalue weighted by molar-refractivity contribution is -0.130. The number of amides is 1. The van der Waals surface area contributed by atoms with Crippen molar-refractivity contribution in [1.82, 2.24) is 5.32 Å². The van der Waals surface area contributed by atoms with Crippen LogP contribution in [-0.4, -0.2) is 11.5 Å². The Morgan fingerprint density at radius 3 is 2.68 bits per heavy atom. The third-order valence-corrected chi connectivity index (χ3v) is 4.30. The summed E-state index contributed by atoms with van der Waals surface area (Å²) in [5.41, 5.74) is 6.86. The lowest BCUT2D eigenvalue weighted by Gasteiger charge is -2.39. The van der Waals surface area contributed by atoms with E-state index in [2.05, 4.69) is 5.32 Å². The molecule has 1 aromatic carbocycles. The van der Waals surface area contributed by atoms with Gasteiger partial charge in [-0.05, 0) is 38.5 Å². The molecule has 0 saturated heterocycles. The van der Waals surface area contributed by atoms with Gasteiger partial charge in [0.15, 0.2) is 0 Å². The van der Waals surface area contributed by atoms with Crippen LogP contribution in [0.25, 0.3) is 0 Å². The maximum absolute atomic E-state index is 12.5. The minimum atomic E-state index is -0.372. The molecule has 1 heterocycles. The zero-order valence-electron chi connectivity index (χ0n) is 14.0. The Kier molecular flexibility index (Phi) is 5.39. The average molecular weight is 327 g/mol. The van der Waals surface area contributed by atoms with Crippen LogP contribution in [0.4, 0.5) is 5.69 Å². The highest BCUT2D eigenvalue weighted by molar-refractivity contribution is 5.85. The van der Waals surface area contributed by atoms with E-state index in [1.807, 2.05) is 52.8 Å². The molecule has 5 heteroatoms. The highest BCUT2D eigenvalue weighted by atomic mass is 35.5. The molecule has 1 atom stereocenters. The molecule has 0 aromatic heterocycles. The first-order chi connectivity index (χ1) is 9.64. The maximum Gasteiger partial charge on any atom is 0.226 e. The molecule has 22 heavy (non-hydrogen) atoms. The molecule has 1 unspecified atom stereocenters. The zero-order chi connectivity index (χ0) is 15.8. The highest BCUT2D eigenvalue weighted by Gasteiger charge is 2.36. The first kappa shape index (κ1) is 18.6. The molecule has 1 amide bonds. The number of ether oxygens (including phenoxy) is 1. The van der Waals surface area contributed by atoms with Gasteiger partial charge in [-0.15, -0.1) is 12.4 Å². The fraction of sp³-hybridized carbons (Fsp3) is 0.588. The number of halogens is 1. The highest BCUT2D eigenvalue weighted by Crippen LogP contribution is 2.40. The van der Waals surface area contributed by atoms with Gasteiger partial charge in [0.1, 0.15) is 11.4 Å². The summed E-state index contributed by atoms with van der Waals surface area (Å²) in [5, 5.41) is 3.17. The predicted octanol–water partition coefficient (Wildman–Crippen LogP) is 3.85. The standard InChI is InChI=1S/C17H26N2O2.ClH/c1-6-16(2,3)15(20)19-13-10-17(4,5)21-14-8-7-11(18)9-12(13)14;/h7-9,13H,6,10,18H2,1-5H3,(H,19,20);1H. The molecule has 1 aliphatic heterocycles. The summed E-state index contributed by atoms with van der Waals surface area (Å²) in [6, 6.07) is 5.55. The maximum atomic E-state index is 12.5. The van der Waals surface area contributed by atoms with Gasteiger partial charge < -0.3 is 15.8 Å². The molecule has 0 bridgehead atoms. The third-order valence-electron chi connectivity index (χ3n) is 4.30. The van der Waals surface area contributed by atoms with Crippen molar-refractivity contribution in [2.45, 2.75) is 59.1 Å². The second-order valence-electron chi connectivity index (χ2n) is 7.13. The Morgan fingerprint density at radius 1 is 1.45 bits per heavy atom. The first-order valence-corrected chi connectivity index (χ1v) is 7.54. The topological polar surface area (TPSA) is 64.3 Å². The van der Waals surface area contributed by atoms with E-state index >= 15 is 0 Å². The van der Waals surface area contributed by atoms with Crippen LogP contribution in [0.3, 0.4) is 0 Å². The van der Waals surface area contributed by atoms with Crippen molar-refractivity contribution in [2.75, 3.05) is 5.73 Å². The summed E-state index contributed by atoms with van der Waals surface area (Å²) in [5.74, 6) is 0.876. The number of hydrogen-bond donors (Lipinski definition) is 2. The van der Waals surface area contributed by atoms with Gasteiger partial charge in [-0.1, -0.05) is 20.8 Å². The minimum absolute atomic E-state index is 0. The zero-order valence-corrected chi connectivity index (χ0v) is 14.8. The summed E-state index contributed by atoms with van der Waals surface area (Å²) in [4.78, 5) is 12.5. The van der Waals surface area contributed by atoms with E-state index in [9.17, 15) is 4.79 Å². The Labute approximate surface area is 139 Å². The summed E-state index contributed by atoms with van der Waals surface area (Å²) < 4.78 is 5.99. The molecule has 0 saturated carbocycles. The van der Waals surface area contributed by atoms with E-state index < -0.39 is 0 Å². The SMILES string of the molecule is CCC(C)(C)C(=O)NC1CC(C)(C)Oc2ccc(N)cc21.Cl. The van der Waals surface area contributed by atoms with E-state index in [0.717, 1.165) is 24.2 Å². The van der Waals surface area contributed by atoms with Crippen LogP contribution in [0.1, 0.15) is 59.1 Å². The number of carbonyl (C=O) groups excluding carboxylic acids is 1. The summed E-state index contributed by atoms with van der Waals surface area (Å²) in [6.45, 7) is 10.0. The Morgan fingerprint density at radius 2 is 2.09 bits per heavy atom. The number of nitrogen functional groups attached to an aromatic ring is 1. The number of anilines is 1. The summed E-state index contributed by atoms with van der Waals surface area (Å²) in [6.07, 6.45) is 1.53. The molecule has 1 aliphatic rings. The largest absolute Gasteiger partial charge is 0.487 e. The molecule has 3 N–H and O–H groups in total. The van der Waals surface area contributed by atoms with E-state index in [0.29, 0.717) is 5.69 Å². The number of rotatable bonds is 3. The normalized spacial score (nSPS) is 19.4. The van der Waals surface area contributed by atoms with Crippen LogP contribution in [0.2, 0.25) is 0 Å². The Hall–Kier alpha value is -1.42. The van der Waals surface area contributed by atoms with Crippen LogP contribution in [-0.2, 0) is 4.79 Å². The quantitative estimate of drug-likeness (QED) is 0.829. The number of nitrogens with two attached hydrogens (primary N) is 1. The summed E-state index contributed by atoms with van der Waals surface area (Å²) in [7, 11) is 0. The van der Waals surface area contributed by atoms with Crippen LogP contribution in [0, 0.1) is 5.41 Å². The number of nitrogens with one attached hydrogen (secondary N) is 1. The smallest absolute Gasteiger partial charge is 0.226 e. The molecule has 0 spiro atoms. The van der Waals surface area contributed by atoms with Gasteiger partial charge in [0, 0.05) is 23.1 Å². The van der Waals surface area contributed by atoms with E-state index in [4.69, 9.17) is 10.5 Å². The average Bonchev–Trinajstić information content (AvgIpc) is 2.38. The first-order valence-electron chi connectivity index (χ1n) is 7.54. The fourth-order valence-electron chi connectivity index (χ4n) is 2.52. The van der Waals surface area contributed by atoms with Gasteiger partial charge in [0.25, 0.3) is 0 Å². The second kappa shape index (κ2) is 6.37. The Balaban J connectivity index is 0.00000242. The van der Waals surface area contributed by atoms with E-state index in [1.165, 1.54) is 0 Å². The summed E-state index contributed by atoms with van der Waals surface area (Å²) >= 11 is 0. The van der Waals surface area contributed by atoms with Crippen LogP contribution in [0.5, 0.6) is 5.75 Å². The van der Waals surface area contributed by atoms with E-state index in [1.54, 1.807) is 0 Å². The molecule has 0 fully saturated rings. The molecule has 4 nitrogen and oxygen atoms in total. The predicted molar refractivity (Wildman–Crippen MR) is 92.4 cm³/mol. The van der Waals surface area contributed by atoms with Crippen molar-refractivity contribution < 1.29 is 9.53 Å². The monoisotopic (exact) mass is 326 g/mol. The van der Waals surface area contributed by atoms with Gasteiger partial charge >= 0.3 is 0 Å². The molecule has 1 aromatic rings. The lowest BCUT2D eigenvalue weighted by atomic mass is 9.86. The van der Waals surface area contributed by atoms with Crippen molar-refractivity contribution in [2.24, 2.45) is 5.41 Å². The van der Waals surface area contributed by atoms with Crippen molar-refractivity contribution in [3.05, 3.63) is 23.8 Å². The van der Waals surface area contributed by atoms with Crippen molar-refractivity contribution in [3.63, 3.8) is 0 Å². The third kappa shape index (κ3) is 3.86. The molecular weight excluding hydrogens is 300 g/mol. The lowest BCUT2D eigenvalue weighted by Crippen LogP contribution is -2.44. The second-order valence-corrected chi connectivity index (χ2v) is 7.13. The molecular formula is C17H27ClN2O2. The number of carbonyl (C=O) groups is 1. The van der Waals surface area contributed by atoms with Gasteiger partial charge in [-0.3, -0.25) is 4.79 Å². The Bertz CT molecular complexity index is 556. The van der Waals surface area contributed by atoms with Crippen molar-refractivity contribution >= 4 is 24.0 Å². The number of fused-ring (bicyclic) bond motifs is 1. The number of benzene rings is 1. The van der Waals surface area contributed by atoms with Gasteiger partial charge in [-0.25, -0.2) is 0 Å². The van der Waals surface area contributed by atoms with Crippen LogP contribution in [0.15, 0.2) is 18.2 Å². The minimum Gasteiger partial charge on any atom is -0.487 e. The van der Waals surface area contributed by atoms with Crippen LogP contribution >= 0.6 is 12.4 Å². The molecule has 0 aliphatic carbocycles. The van der Waals surface area contributed by atoms with Gasteiger partial charge in [-0.2, -0.15) is 0 Å². The molecule has 0 radical (unpaired) electrons. The van der Waals surface area contributed by atoms with Crippen molar-refractivity contribution in [1.29, 1.82) is 0 Å². The fourth-order valence-corrected chi connectivity index (χ4v) is 2.52.